The Bertz CT molecular complexity index is 734. The van der Waals surface area contributed by atoms with Gasteiger partial charge >= 0.3 is 0 Å². The van der Waals surface area contributed by atoms with Gasteiger partial charge < -0.3 is 14.2 Å². The maximum absolute atomic E-state index is 5.99. The van der Waals surface area contributed by atoms with Crippen LogP contribution in [0.25, 0.3) is 0 Å². The zero-order chi connectivity index (χ0) is 19.2. The van der Waals surface area contributed by atoms with E-state index in [-0.39, 0.29) is 6.10 Å². The van der Waals surface area contributed by atoms with Crippen LogP contribution in [0.3, 0.4) is 0 Å². The Balaban J connectivity index is 1.66. The molecule has 0 bridgehead atoms. The van der Waals surface area contributed by atoms with Gasteiger partial charge in [0.05, 0.1) is 19.8 Å². The summed E-state index contributed by atoms with van der Waals surface area (Å²) in [4.78, 5) is 3.60. The van der Waals surface area contributed by atoms with E-state index in [9.17, 15) is 0 Å². The van der Waals surface area contributed by atoms with Crippen LogP contribution in [-0.4, -0.2) is 38.3 Å². The van der Waals surface area contributed by atoms with Crippen molar-refractivity contribution in [2.45, 2.75) is 37.7 Å². The van der Waals surface area contributed by atoms with Gasteiger partial charge in [0, 0.05) is 35.3 Å². The first-order valence-electron chi connectivity index (χ1n) is 9.65. The third-order valence-electron chi connectivity index (χ3n) is 5.01. The lowest BCUT2D eigenvalue weighted by Gasteiger charge is -2.33. The molecule has 1 fully saturated rings. The average Bonchev–Trinajstić information content (AvgIpc) is 2.72. The van der Waals surface area contributed by atoms with Crippen LogP contribution in [0.15, 0.2) is 47.4 Å². The van der Waals surface area contributed by atoms with Crippen LogP contribution in [-0.2, 0) is 4.74 Å². The molecule has 1 heterocycles. The molecule has 146 valence electrons. The quantitative estimate of drug-likeness (QED) is 0.650. The van der Waals surface area contributed by atoms with Crippen molar-refractivity contribution >= 4 is 17.6 Å². The molecule has 0 radical (unpaired) electrons. The Morgan fingerprint density at radius 3 is 2.67 bits per heavy atom. The van der Waals surface area contributed by atoms with E-state index in [1.165, 1.54) is 10.5 Å². The molecule has 1 saturated heterocycles. The molecule has 1 aliphatic rings. The third kappa shape index (κ3) is 5.18. The largest absolute Gasteiger partial charge is 0.496 e. The molecular formula is C22H30N2O2S. The minimum absolute atomic E-state index is 0.0685. The van der Waals surface area contributed by atoms with Crippen LogP contribution >= 0.6 is 11.9 Å². The molecule has 0 saturated carbocycles. The summed E-state index contributed by atoms with van der Waals surface area (Å²) < 4.78 is 15.1. The lowest BCUT2D eigenvalue weighted by Crippen LogP contribution is -2.38. The highest BCUT2D eigenvalue weighted by Crippen LogP contribution is 2.34. The van der Waals surface area contributed by atoms with E-state index in [0.717, 1.165) is 43.2 Å². The van der Waals surface area contributed by atoms with E-state index in [4.69, 9.17) is 9.47 Å². The molecule has 27 heavy (non-hydrogen) atoms. The second-order valence-electron chi connectivity index (χ2n) is 7.14. The standard InChI is InChI=1S/C22H30N2O2S/c1-5-24-12-13-26-22(15-24)20-11-8-18(14-21(20)25-4)23-27-19-9-6-17(7-10-19)16(2)3/h6-11,14,16,22-23H,5,12-13,15H2,1-4H3. The van der Waals surface area contributed by atoms with Crippen molar-refractivity contribution in [2.75, 3.05) is 38.1 Å². The van der Waals surface area contributed by atoms with E-state index < -0.39 is 0 Å². The molecule has 5 heteroatoms. The van der Waals surface area contributed by atoms with Gasteiger partial charge in [-0.3, -0.25) is 4.90 Å². The molecule has 2 aromatic rings. The Morgan fingerprint density at radius 2 is 2.00 bits per heavy atom. The molecule has 1 aliphatic heterocycles. The number of anilines is 1. The summed E-state index contributed by atoms with van der Waals surface area (Å²) >= 11 is 1.61. The van der Waals surface area contributed by atoms with Gasteiger partial charge in [-0.2, -0.15) is 0 Å². The van der Waals surface area contributed by atoms with E-state index in [0.29, 0.717) is 5.92 Å². The van der Waals surface area contributed by atoms with Crippen LogP contribution in [0.4, 0.5) is 5.69 Å². The van der Waals surface area contributed by atoms with E-state index in [1.807, 2.05) is 0 Å². The van der Waals surface area contributed by atoms with Gasteiger partial charge in [0.15, 0.2) is 0 Å². The first-order chi connectivity index (χ1) is 13.1. The minimum atomic E-state index is 0.0685. The van der Waals surface area contributed by atoms with Crippen molar-refractivity contribution in [1.29, 1.82) is 0 Å². The highest BCUT2D eigenvalue weighted by Gasteiger charge is 2.23. The lowest BCUT2D eigenvalue weighted by atomic mass is 10.0. The smallest absolute Gasteiger partial charge is 0.126 e. The summed E-state index contributed by atoms with van der Waals surface area (Å²) in [5.74, 6) is 1.43. The molecule has 0 aromatic heterocycles. The monoisotopic (exact) mass is 386 g/mol. The molecule has 1 unspecified atom stereocenters. The predicted octanol–water partition coefficient (Wildman–Crippen LogP) is 5.33. The summed E-state index contributed by atoms with van der Waals surface area (Å²) in [6.45, 7) is 10.3. The van der Waals surface area contributed by atoms with Crippen molar-refractivity contribution in [3.8, 4) is 5.75 Å². The number of benzene rings is 2. The van der Waals surface area contributed by atoms with Crippen LogP contribution in [0.1, 0.15) is 43.9 Å². The predicted molar refractivity (Wildman–Crippen MR) is 114 cm³/mol. The van der Waals surface area contributed by atoms with Gasteiger partial charge in [-0.25, -0.2) is 0 Å². The number of rotatable bonds is 7. The highest BCUT2D eigenvalue weighted by molar-refractivity contribution is 8.00. The Kier molecular flexibility index (Phi) is 7.05. The zero-order valence-corrected chi connectivity index (χ0v) is 17.5. The fourth-order valence-corrected chi connectivity index (χ4v) is 3.89. The number of methoxy groups -OCH3 is 1. The third-order valence-corrected chi connectivity index (χ3v) is 5.86. The van der Waals surface area contributed by atoms with Gasteiger partial charge in [-0.1, -0.05) is 39.0 Å². The molecular weight excluding hydrogens is 356 g/mol. The fraction of sp³-hybridized carbons (Fsp3) is 0.455. The Labute approximate surface area is 167 Å². The van der Waals surface area contributed by atoms with Crippen LogP contribution < -0.4 is 9.46 Å². The van der Waals surface area contributed by atoms with Crippen molar-refractivity contribution in [1.82, 2.24) is 4.90 Å². The number of likely N-dealkylation sites (N-methyl/N-ethyl adjacent to an activating group) is 1. The number of hydrogen-bond donors (Lipinski definition) is 1. The summed E-state index contributed by atoms with van der Waals surface area (Å²) in [7, 11) is 1.72. The summed E-state index contributed by atoms with van der Waals surface area (Å²) in [6.07, 6.45) is 0.0685. The Hall–Kier alpha value is -1.69. The van der Waals surface area contributed by atoms with Crippen molar-refractivity contribution < 1.29 is 9.47 Å². The van der Waals surface area contributed by atoms with E-state index in [1.54, 1.807) is 19.1 Å². The molecule has 0 aliphatic carbocycles. The number of morpholine rings is 1. The van der Waals surface area contributed by atoms with Gasteiger partial charge in [0.1, 0.15) is 5.75 Å². The molecule has 0 spiro atoms. The van der Waals surface area contributed by atoms with Gasteiger partial charge in [0.25, 0.3) is 0 Å². The lowest BCUT2D eigenvalue weighted by molar-refractivity contribution is -0.0291. The van der Waals surface area contributed by atoms with E-state index in [2.05, 4.69) is 72.9 Å². The second-order valence-corrected chi connectivity index (χ2v) is 8.02. The number of hydrogen-bond acceptors (Lipinski definition) is 5. The summed E-state index contributed by atoms with van der Waals surface area (Å²) in [5, 5.41) is 0. The summed E-state index contributed by atoms with van der Waals surface area (Å²) in [6, 6.07) is 15.0. The number of ether oxygens (including phenoxy) is 2. The second kappa shape index (κ2) is 9.49. The first-order valence-corrected chi connectivity index (χ1v) is 10.5. The number of nitrogens with one attached hydrogen (secondary N) is 1. The maximum atomic E-state index is 5.99. The zero-order valence-electron chi connectivity index (χ0n) is 16.7. The van der Waals surface area contributed by atoms with Gasteiger partial charge in [-0.15, -0.1) is 0 Å². The SMILES string of the molecule is CCN1CCOC(c2ccc(NSc3ccc(C(C)C)cc3)cc2OC)C1. The minimum Gasteiger partial charge on any atom is -0.496 e. The topological polar surface area (TPSA) is 33.7 Å². The first kappa shape index (κ1) is 20.1. The van der Waals surface area contributed by atoms with Crippen molar-refractivity contribution in [3.05, 3.63) is 53.6 Å². The van der Waals surface area contributed by atoms with Crippen LogP contribution in [0.2, 0.25) is 0 Å². The van der Waals surface area contributed by atoms with Crippen molar-refractivity contribution in [3.63, 3.8) is 0 Å². The average molecular weight is 387 g/mol. The molecule has 1 N–H and O–H groups in total. The molecule has 3 rings (SSSR count). The molecule has 0 amide bonds. The number of nitrogens with zero attached hydrogens (tertiary/aromatic N) is 1. The van der Waals surface area contributed by atoms with Gasteiger partial charge in [-0.05, 0) is 48.2 Å². The van der Waals surface area contributed by atoms with Crippen LogP contribution in [0, 0.1) is 0 Å². The normalized spacial score (nSPS) is 17.9. The molecule has 4 nitrogen and oxygen atoms in total. The fourth-order valence-electron chi connectivity index (χ4n) is 3.26. The Morgan fingerprint density at radius 1 is 1.22 bits per heavy atom. The summed E-state index contributed by atoms with van der Waals surface area (Å²) in [5.41, 5.74) is 3.50. The van der Waals surface area contributed by atoms with E-state index >= 15 is 0 Å². The van der Waals surface area contributed by atoms with Crippen molar-refractivity contribution in [2.24, 2.45) is 0 Å². The van der Waals surface area contributed by atoms with Crippen LogP contribution in [0.5, 0.6) is 5.75 Å². The molecule has 2 aromatic carbocycles. The molecule has 1 atom stereocenters. The maximum Gasteiger partial charge on any atom is 0.126 e. The highest BCUT2D eigenvalue weighted by atomic mass is 32.2. The van der Waals surface area contributed by atoms with Gasteiger partial charge in [0.2, 0.25) is 0 Å².